The van der Waals surface area contributed by atoms with Gasteiger partial charge in [-0.3, -0.25) is 4.79 Å². The Bertz CT molecular complexity index is 655. The van der Waals surface area contributed by atoms with Crippen molar-refractivity contribution in [1.82, 2.24) is 4.98 Å². The lowest BCUT2D eigenvalue weighted by Crippen LogP contribution is -2.20. The highest BCUT2D eigenvalue weighted by Gasteiger charge is 2.28. The van der Waals surface area contributed by atoms with E-state index in [1.807, 2.05) is 6.07 Å². The Kier molecular flexibility index (Phi) is 3.32. The number of fused-ring (bicyclic) bond motifs is 1. The van der Waals surface area contributed by atoms with E-state index in [1.165, 1.54) is 0 Å². The van der Waals surface area contributed by atoms with Crippen LogP contribution in [-0.4, -0.2) is 17.9 Å². The fourth-order valence-corrected chi connectivity index (χ4v) is 2.36. The number of rotatable bonds is 2. The molecule has 1 atom stereocenters. The van der Waals surface area contributed by atoms with E-state index in [2.05, 4.69) is 4.98 Å². The summed E-state index contributed by atoms with van der Waals surface area (Å²) in [4.78, 5) is 16.3. The van der Waals surface area contributed by atoms with Crippen LogP contribution in [0.2, 0.25) is 5.02 Å². The van der Waals surface area contributed by atoms with E-state index in [0.717, 1.165) is 5.56 Å². The van der Waals surface area contributed by atoms with Crippen molar-refractivity contribution in [2.45, 2.75) is 12.5 Å². The summed E-state index contributed by atoms with van der Waals surface area (Å²) in [5, 5.41) is 0.533. The zero-order valence-corrected chi connectivity index (χ0v) is 11.6. The van der Waals surface area contributed by atoms with Gasteiger partial charge in [0.25, 0.3) is 0 Å². The molecule has 2 heterocycles. The van der Waals surface area contributed by atoms with Crippen LogP contribution in [0.3, 0.4) is 0 Å². The highest BCUT2D eigenvalue weighted by Crippen LogP contribution is 2.36. The smallest absolute Gasteiger partial charge is 0.212 e. The van der Waals surface area contributed by atoms with Crippen molar-refractivity contribution < 1.29 is 14.3 Å². The summed E-state index contributed by atoms with van der Waals surface area (Å²) >= 11 is 5.90. The zero-order valence-electron chi connectivity index (χ0n) is 10.8. The van der Waals surface area contributed by atoms with Crippen molar-refractivity contribution in [3.8, 4) is 11.6 Å². The summed E-state index contributed by atoms with van der Waals surface area (Å²) in [6, 6.07) is 8.67. The fourth-order valence-electron chi connectivity index (χ4n) is 2.18. The predicted octanol–water partition coefficient (Wildman–Crippen LogP) is 3.45. The molecule has 1 unspecified atom stereocenters. The summed E-state index contributed by atoms with van der Waals surface area (Å²) in [7, 11) is 1.56. The number of carbonyl (C=O) groups is 1. The first-order valence-electron chi connectivity index (χ1n) is 6.16. The van der Waals surface area contributed by atoms with Gasteiger partial charge in [-0.05, 0) is 24.3 Å². The second-order valence-corrected chi connectivity index (χ2v) is 4.94. The lowest BCUT2D eigenvalue weighted by atomic mass is 9.97. The number of carbonyl (C=O) groups excluding carboxylic acids is 1. The van der Waals surface area contributed by atoms with Crippen molar-refractivity contribution in [1.29, 1.82) is 0 Å². The van der Waals surface area contributed by atoms with Gasteiger partial charge in [0.05, 0.1) is 19.1 Å². The molecule has 0 spiro atoms. The summed E-state index contributed by atoms with van der Waals surface area (Å²) in [6.45, 7) is 0. The van der Waals surface area contributed by atoms with Crippen LogP contribution in [0.1, 0.15) is 28.4 Å². The van der Waals surface area contributed by atoms with E-state index < -0.39 is 0 Å². The van der Waals surface area contributed by atoms with Crippen molar-refractivity contribution >= 4 is 17.4 Å². The maximum absolute atomic E-state index is 12.2. The predicted molar refractivity (Wildman–Crippen MR) is 74.6 cm³/mol. The van der Waals surface area contributed by atoms with E-state index in [1.54, 1.807) is 37.6 Å². The molecule has 0 aliphatic carbocycles. The first-order valence-corrected chi connectivity index (χ1v) is 6.54. The molecule has 1 aromatic heterocycles. The number of pyridine rings is 1. The molecule has 0 amide bonds. The molecular formula is C15H12ClNO3. The highest BCUT2D eigenvalue weighted by molar-refractivity contribution is 6.31. The van der Waals surface area contributed by atoms with Crippen LogP contribution in [0.5, 0.6) is 11.6 Å². The van der Waals surface area contributed by atoms with Crippen LogP contribution >= 0.6 is 11.6 Å². The maximum Gasteiger partial charge on any atom is 0.212 e. The number of Topliss-reactive ketones (excluding diaryl/α,β-unsaturated/α-hetero) is 1. The molecule has 102 valence electrons. The summed E-state index contributed by atoms with van der Waals surface area (Å²) in [5.41, 5.74) is 1.38. The number of ketones is 1. The van der Waals surface area contributed by atoms with Crippen molar-refractivity contribution in [2.24, 2.45) is 0 Å². The molecule has 1 aromatic carbocycles. The summed E-state index contributed by atoms with van der Waals surface area (Å²) < 4.78 is 10.9. The van der Waals surface area contributed by atoms with Crippen LogP contribution in [0.4, 0.5) is 0 Å². The van der Waals surface area contributed by atoms with Crippen LogP contribution in [-0.2, 0) is 0 Å². The molecule has 0 saturated heterocycles. The fraction of sp³-hybridized carbons (Fsp3) is 0.200. The molecule has 0 radical (unpaired) electrons. The number of aromatic nitrogens is 1. The number of methoxy groups -OCH3 is 1. The topological polar surface area (TPSA) is 48.4 Å². The number of nitrogens with zero attached hydrogens (tertiary/aromatic N) is 1. The lowest BCUT2D eigenvalue weighted by Gasteiger charge is -2.25. The van der Waals surface area contributed by atoms with Crippen LogP contribution in [0.25, 0.3) is 0 Å². The number of halogens is 1. The van der Waals surface area contributed by atoms with Crippen LogP contribution in [0, 0.1) is 0 Å². The molecule has 5 heteroatoms. The van der Waals surface area contributed by atoms with E-state index >= 15 is 0 Å². The van der Waals surface area contributed by atoms with Gasteiger partial charge >= 0.3 is 0 Å². The van der Waals surface area contributed by atoms with Gasteiger partial charge < -0.3 is 9.47 Å². The molecule has 20 heavy (non-hydrogen) atoms. The van der Waals surface area contributed by atoms with Crippen LogP contribution in [0.15, 0.2) is 36.5 Å². The molecular weight excluding hydrogens is 278 g/mol. The second-order valence-electron chi connectivity index (χ2n) is 4.51. The van der Waals surface area contributed by atoms with E-state index in [-0.39, 0.29) is 18.3 Å². The van der Waals surface area contributed by atoms with Gasteiger partial charge in [-0.15, -0.1) is 0 Å². The van der Waals surface area contributed by atoms with Crippen molar-refractivity contribution in [2.75, 3.05) is 7.11 Å². The van der Waals surface area contributed by atoms with Gasteiger partial charge in [0.15, 0.2) is 5.78 Å². The SMILES string of the molecule is COc1ccc(C2CC(=O)c3cc(Cl)ccc3O2)cn1. The number of ether oxygens (including phenoxy) is 2. The van der Waals surface area contributed by atoms with E-state index in [0.29, 0.717) is 22.2 Å². The van der Waals surface area contributed by atoms with Crippen LogP contribution < -0.4 is 9.47 Å². The van der Waals surface area contributed by atoms with Gasteiger partial charge in [0, 0.05) is 22.8 Å². The standard InChI is InChI=1S/C15H12ClNO3/c1-19-15-5-2-9(8-17-15)14-7-12(18)11-6-10(16)3-4-13(11)20-14/h2-6,8,14H,7H2,1H3. The third-order valence-electron chi connectivity index (χ3n) is 3.22. The van der Waals surface area contributed by atoms with Gasteiger partial charge in [0.2, 0.25) is 5.88 Å². The molecule has 0 fully saturated rings. The second kappa shape index (κ2) is 5.13. The third-order valence-corrected chi connectivity index (χ3v) is 3.46. The molecule has 0 N–H and O–H groups in total. The molecule has 1 aliphatic rings. The monoisotopic (exact) mass is 289 g/mol. The van der Waals surface area contributed by atoms with E-state index in [4.69, 9.17) is 21.1 Å². The summed E-state index contributed by atoms with van der Waals surface area (Å²) in [6.07, 6.45) is 1.62. The van der Waals surface area contributed by atoms with Gasteiger partial charge in [-0.25, -0.2) is 4.98 Å². The first-order chi connectivity index (χ1) is 9.67. The molecule has 0 bridgehead atoms. The Morgan fingerprint density at radius 3 is 2.90 bits per heavy atom. The minimum Gasteiger partial charge on any atom is -0.484 e. The quantitative estimate of drug-likeness (QED) is 0.849. The Labute approximate surface area is 121 Å². The Morgan fingerprint density at radius 2 is 2.20 bits per heavy atom. The Balaban J connectivity index is 1.90. The largest absolute Gasteiger partial charge is 0.484 e. The Morgan fingerprint density at radius 1 is 1.35 bits per heavy atom. The van der Waals surface area contributed by atoms with Crippen molar-refractivity contribution in [3.05, 3.63) is 52.7 Å². The maximum atomic E-state index is 12.2. The Hall–Kier alpha value is -2.07. The highest BCUT2D eigenvalue weighted by atomic mass is 35.5. The normalized spacial score (nSPS) is 17.3. The number of benzene rings is 1. The number of hydrogen-bond donors (Lipinski definition) is 0. The molecule has 0 saturated carbocycles. The minimum absolute atomic E-state index is 0.0227. The average molecular weight is 290 g/mol. The van der Waals surface area contributed by atoms with Gasteiger partial charge in [-0.1, -0.05) is 11.6 Å². The molecule has 4 nitrogen and oxygen atoms in total. The third kappa shape index (κ3) is 2.34. The first kappa shape index (κ1) is 12.9. The average Bonchev–Trinajstić information content (AvgIpc) is 2.48. The zero-order chi connectivity index (χ0) is 14.1. The number of hydrogen-bond acceptors (Lipinski definition) is 4. The lowest BCUT2D eigenvalue weighted by molar-refractivity contribution is 0.0849. The van der Waals surface area contributed by atoms with E-state index in [9.17, 15) is 4.79 Å². The molecule has 2 aromatic rings. The summed E-state index contributed by atoms with van der Waals surface area (Å²) in [5.74, 6) is 1.11. The van der Waals surface area contributed by atoms with Crippen molar-refractivity contribution in [3.63, 3.8) is 0 Å². The van der Waals surface area contributed by atoms with Gasteiger partial charge in [0.1, 0.15) is 11.9 Å². The minimum atomic E-state index is -0.324. The molecule has 1 aliphatic heterocycles. The molecule has 3 rings (SSSR count). The van der Waals surface area contributed by atoms with Gasteiger partial charge in [-0.2, -0.15) is 0 Å².